The first-order valence-electron chi connectivity index (χ1n) is 7.09. The minimum atomic E-state index is -0.0847. The van der Waals surface area contributed by atoms with Crippen LogP contribution in [0.1, 0.15) is 31.7 Å². The molecule has 1 fully saturated rings. The van der Waals surface area contributed by atoms with E-state index >= 15 is 0 Å². The molecule has 2 aromatic rings. The van der Waals surface area contributed by atoms with Gasteiger partial charge in [-0.2, -0.15) is 10.2 Å². The summed E-state index contributed by atoms with van der Waals surface area (Å²) in [6.07, 6.45) is 9.07. The first kappa shape index (κ1) is 12.9. The second-order valence-corrected chi connectivity index (χ2v) is 5.22. The lowest BCUT2D eigenvalue weighted by Crippen LogP contribution is -2.29. The molecule has 0 spiro atoms. The fourth-order valence-corrected chi connectivity index (χ4v) is 2.25. The van der Waals surface area contributed by atoms with E-state index in [9.17, 15) is 4.79 Å². The van der Waals surface area contributed by atoms with Crippen LogP contribution in [0.2, 0.25) is 0 Å². The molecule has 3 rings (SSSR count). The standard InChI is InChI=1S/C14H19N5O/c1-2-18-9-11(7-15-18)10-19-14(20)6-13(8-16-19)17-12-4-3-5-12/h6-9,12,17H,2-5,10H2,1H3. The maximum absolute atomic E-state index is 12.0. The van der Waals surface area contributed by atoms with E-state index in [1.807, 2.05) is 17.8 Å². The van der Waals surface area contributed by atoms with Crippen molar-refractivity contribution >= 4 is 5.69 Å². The van der Waals surface area contributed by atoms with Gasteiger partial charge >= 0.3 is 0 Å². The van der Waals surface area contributed by atoms with Gasteiger partial charge in [-0.3, -0.25) is 9.48 Å². The number of nitrogens with zero attached hydrogens (tertiary/aromatic N) is 4. The molecule has 6 nitrogen and oxygen atoms in total. The van der Waals surface area contributed by atoms with E-state index < -0.39 is 0 Å². The highest BCUT2D eigenvalue weighted by atomic mass is 16.1. The van der Waals surface area contributed by atoms with Crippen molar-refractivity contribution in [1.82, 2.24) is 19.6 Å². The lowest BCUT2D eigenvalue weighted by Gasteiger charge is -2.27. The van der Waals surface area contributed by atoms with E-state index in [-0.39, 0.29) is 5.56 Å². The zero-order valence-corrected chi connectivity index (χ0v) is 11.6. The Balaban J connectivity index is 1.71. The second-order valence-electron chi connectivity index (χ2n) is 5.22. The molecule has 6 heteroatoms. The molecular formula is C14H19N5O. The van der Waals surface area contributed by atoms with Gasteiger partial charge in [-0.05, 0) is 26.2 Å². The summed E-state index contributed by atoms with van der Waals surface area (Å²) >= 11 is 0. The second kappa shape index (κ2) is 5.48. The monoisotopic (exact) mass is 273 g/mol. The molecule has 1 N–H and O–H groups in total. The number of aromatic nitrogens is 4. The Morgan fingerprint density at radius 3 is 2.80 bits per heavy atom. The van der Waals surface area contributed by atoms with Crippen LogP contribution in [0.4, 0.5) is 5.69 Å². The number of rotatable bonds is 5. The fourth-order valence-electron chi connectivity index (χ4n) is 2.25. The van der Waals surface area contributed by atoms with Crippen molar-refractivity contribution < 1.29 is 0 Å². The third-order valence-corrected chi connectivity index (χ3v) is 3.69. The highest BCUT2D eigenvalue weighted by Crippen LogP contribution is 2.22. The Morgan fingerprint density at radius 1 is 1.35 bits per heavy atom. The van der Waals surface area contributed by atoms with Gasteiger partial charge in [-0.15, -0.1) is 0 Å². The van der Waals surface area contributed by atoms with Crippen LogP contribution in [0, 0.1) is 0 Å². The quantitative estimate of drug-likeness (QED) is 0.896. The summed E-state index contributed by atoms with van der Waals surface area (Å²) in [5, 5.41) is 11.8. The Labute approximate surface area is 117 Å². The lowest BCUT2D eigenvalue weighted by atomic mass is 9.93. The predicted octanol–water partition coefficient (Wildman–Crippen LogP) is 1.47. The van der Waals surface area contributed by atoms with Gasteiger partial charge < -0.3 is 5.32 Å². The minimum Gasteiger partial charge on any atom is -0.381 e. The van der Waals surface area contributed by atoms with Crippen molar-refractivity contribution in [2.24, 2.45) is 0 Å². The Hall–Kier alpha value is -2.11. The number of aryl methyl sites for hydroxylation is 1. The summed E-state index contributed by atoms with van der Waals surface area (Å²) in [6, 6.07) is 2.13. The van der Waals surface area contributed by atoms with Crippen LogP contribution in [0.25, 0.3) is 0 Å². The highest BCUT2D eigenvalue weighted by molar-refractivity contribution is 5.40. The minimum absolute atomic E-state index is 0.0847. The molecule has 2 heterocycles. The Morgan fingerprint density at radius 2 is 2.20 bits per heavy atom. The molecule has 0 aromatic carbocycles. The zero-order chi connectivity index (χ0) is 13.9. The highest BCUT2D eigenvalue weighted by Gasteiger charge is 2.17. The SMILES string of the molecule is CCn1cc(Cn2ncc(NC3CCC3)cc2=O)cn1. The van der Waals surface area contributed by atoms with Gasteiger partial charge in [-0.1, -0.05) is 0 Å². The van der Waals surface area contributed by atoms with Crippen LogP contribution in [-0.4, -0.2) is 25.6 Å². The van der Waals surface area contributed by atoms with Crippen molar-refractivity contribution in [3.05, 3.63) is 40.6 Å². The van der Waals surface area contributed by atoms with E-state index in [0.717, 1.165) is 17.8 Å². The number of hydrogen-bond acceptors (Lipinski definition) is 4. The molecule has 1 aliphatic carbocycles. The van der Waals surface area contributed by atoms with Crippen LogP contribution < -0.4 is 10.9 Å². The molecule has 0 atom stereocenters. The smallest absolute Gasteiger partial charge is 0.269 e. The molecular weight excluding hydrogens is 254 g/mol. The van der Waals surface area contributed by atoms with Crippen LogP contribution >= 0.6 is 0 Å². The molecule has 0 unspecified atom stereocenters. The maximum Gasteiger partial charge on any atom is 0.269 e. The third-order valence-electron chi connectivity index (χ3n) is 3.69. The largest absolute Gasteiger partial charge is 0.381 e. The van der Waals surface area contributed by atoms with Gasteiger partial charge in [0.1, 0.15) is 0 Å². The molecule has 0 aliphatic heterocycles. The van der Waals surface area contributed by atoms with Gasteiger partial charge in [0.05, 0.1) is 24.6 Å². The molecule has 0 amide bonds. The van der Waals surface area contributed by atoms with Crippen LogP contribution in [0.3, 0.4) is 0 Å². The topological polar surface area (TPSA) is 64.7 Å². The number of hydrogen-bond donors (Lipinski definition) is 1. The van der Waals surface area contributed by atoms with E-state index in [0.29, 0.717) is 12.6 Å². The van der Waals surface area contributed by atoms with Crippen molar-refractivity contribution in [2.75, 3.05) is 5.32 Å². The first-order chi connectivity index (χ1) is 9.74. The van der Waals surface area contributed by atoms with Gasteiger partial charge in [0.15, 0.2) is 0 Å². The van der Waals surface area contributed by atoms with Crippen LogP contribution in [0.5, 0.6) is 0 Å². The zero-order valence-electron chi connectivity index (χ0n) is 11.6. The number of nitrogens with one attached hydrogen (secondary N) is 1. The third kappa shape index (κ3) is 2.74. The van der Waals surface area contributed by atoms with E-state index in [2.05, 4.69) is 15.5 Å². The molecule has 106 valence electrons. The summed E-state index contributed by atoms with van der Waals surface area (Å²) < 4.78 is 3.30. The van der Waals surface area contributed by atoms with Crippen molar-refractivity contribution in [2.45, 2.75) is 45.3 Å². The predicted molar refractivity (Wildman–Crippen MR) is 76.8 cm³/mol. The molecule has 0 radical (unpaired) electrons. The molecule has 0 bridgehead atoms. The van der Waals surface area contributed by atoms with Crippen molar-refractivity contribution in [1.29, 1.82) is 0 Å². The van der Waals surface area contributed by atoms with Crippen molar-refractivity contribution in [3.63, 3.8) is 0 Å². The summed E-state index contributed by atoms with van der Waals surface area (Å²) in [6.45, 7) is 3.32. The summed E-state index contributed by atoms with van der Waals surface area (Å²) in [5.41, 5.74) is 1.72. The Kier molecular flexibility index (Phi) is 3.54. The average molecular weight is 273 g/mol. The molecule has 1 aliphatic rings. The molecule has 1 saturated carbocycles. The van der Waals surface area contributed by atoms with Gasteiger partial charge in [0, 0.05) is 30.4 Å². The summed E-state index contributed by atoms with van der Waals surface area (Å²) in [7, 11) is 0. The van der Waals surface area contributed by atoms with Gasteiger partial charge in [-0.25, -0.2) is 4.68 Å². The fraction of sp³-hybridized carbons (Fsp3) is 0.500. The maximum atomic E-state index is 12.0. The normalized spacial score (nSPS) is 15.1. The molecule has 20 heavy (non-hydrogen) atoms. The molecule has 0 saturated heterocycles. The summed E-state index contributed by atoms with van der Waals surface area (Å²) in [4.78, 5) is 12.0. The Bertz CT molecular complexity index is 641. The van der Waals surface area contributed by atoms with Gasteiger partial charge in [0.25, 0.3) is 5.56 Å². The first-order valence-corrected chi connectivity index (χ1v) is 7.09. The van der Waals surface area contributed by atoms with E-state index in [1.165, 1.54) is 23.9 Å². The number of anilines is 1. The van der Waals surface area contributed by atoms with Gasteiger partial charge in [0.2, 0.25) is 0 Å². The molecule has 2 aromatic heterocycles. The lowest BCUT2D eigenvalue weighted by molar-refractivity contribution is 0.445. The van der Waals surface area contributed by atoms with Crippen molar-refractivity contribution in [3.8, 4) is 0 Å². The van der Waals surface area contributed by atoms with Crippen LogP contribution in [-0.2, 0) is 13.1 Å². The van der Waals surface area contributed by atoms with E-state index in [4.69, 9.17) is 0 Å². The summed E-state index contributed by atoms with van der Waals surface area (Å²) in [5.74, 6) is 0. The van der Waals surface area contributed by atoms with Crippen LogP contribution in [0.15, 0.2) is 29.5 Å². The average Bonchev–Trinajstić information content (AvgIpc) is 2.85. The van der Waals surface area contributed by atoms with E-state index in [1.54, 1.807) is 18.5 Å².